The van der Waals surface area contributed by atoms with Crippen LogP contribution in [0, 0.1) is 6.42 Å². The summed E-state index contributed by atoms with van der Waals surface area (Å²) >= 11 is 0. The highest BCUT2D eigenvalue weighted by Gasteiger charge is 2.05. The van der Waals surface area contributed by atoms with Crippen LogP contribution >= 0.6 is 0 Å². The number of imidazole rings is 1. The minimum atomic E-state index is -0.333. The summed E-state index contributed by atoms with van der Waals surface area (Å²) in [7, 11) is 0. The molecule has 71 valence electrons. The lowest BCUT2D eigenvalue weighted by Gasteiger charge is -2.00. The topological polar surface area (TPSA) is 55.0 Å². The zero-order valence-electron chi connectivity index (χ0n) is 7.62. The van der Waals surface area contributed by atoms with Crippen molar-refractivity contribution < 1.29 is 9.53 Å². The molecule has 0 aliphatic rings. The molecule has 0 aromatic carbocycles. The number of hydrogen-bond acceptors (Lipinski definition) is 3. The van der Waals surface area contributed by atoms with Crippen LogP contribution in [0.4, 0.5) is 0 Å². The van der Waals surface area contributed by atoms with Crippen LogP contribution in [0.2, 0.25) is 0 Å². The van der Waals surface area contributed by atoms with Crippen LogP contribution in [0.3, 0.4) is 0 Å². The number of carbonyl (C=O) groups excluding carboxylic acids is 1. The van der Waals surface area contributed by atoms with Gasteiger partial charge in [0.25, 0.3) is 0 Å². The van der Waals surface area contributed by atoms with Crippen molar-refractivity contribution >= 4 is 5.97 Å². The van der Waals surface area contributed by atoms with Gasteiger partial charge < -0.3 is 9.72 Å². The predicted octanol–water partition coefficient (Wildman–Crippen LogP) is 1.31. The van der Waals surface area contributed by atoms with Gasteiger partial charge in [0.15, 0.2) is 0 Å². The van der Waals surface area contributed by atoms with Gasteiger partial charge in [-0.2, -0.15) is 0 Å². The summed E-state index contributed by atoms with van der Waals surface area (Å²) in [6.07, 6.45) is 6.45. The molecule has 1 radical (unpaired) electrons. The SMILES string of the molecule is CCCCOC(=O)[CH]c1c[nH]cn1. The van der Waals surface area contributed by atoms with E-state index in [0.717, 1.165) is 12.8 Å². The van der Waals surface area contributed by atoms with Crippen LogP contribution in [-0.2, 0) is 9.53 Å². The minimum absolute atomic E-state index is 0.333. The molecular formula is C9H13N2O2. The van der Waals surface area contributed by atoms with E-state index in [4.69, 9.17) is 4.74 Å². The number of carbonyl (C=O) groups is 1. The van der Waals surface area contributed by atoms with Crippen molar-refractivity contribution in [1.82, 2.24) is 9.97 Å². The highest BCUT2D eigenvalue weighted by Crippen LogP contribution is 1.98. The molecule has 1 rings (SSSR count). The maximum Gasteiger partial charge on any atom is 0.316 e. The molecule has 1 aromatic rings. The Kier molecular flexibility index (Phi) is 4.02. The number of hydrogen-bond donors (Lipinski definition) is 1. The molecule has 0 spiro atoms. The first-order valence-electron chi connectivity index (χ1n) is 4.33. The number of nitrogens with zero attached hydrogens (tertiary/aromatic N) is 1. The second kappa shape index (κ2) is 5.35. The lowest BCUT2D eigenvalue weighted by molar-refractivity contribution is -0.139. The van der Waals surface area contributed by atoms with Crippen molar-refractivity contribution in [3.8, 4) is 0 Å². The van der Waals surface area contributed by atoms with Crippen molar-refractivity contribution in [2.45, 2.75) is 19.8 Å². The van der Waals surface area contributed by atoms with Crippen LogP contribution in [0.25, 0.3) is 0 Å². The predicted molar refractivity (Wildman–Crippen MR) is 47.9 cm³/mol. The molecule has 0 fully saturated rings. The van der Waals surface area contributed by atoms with Gasteiger partial charge in [-0.1, -0.05) is 13.3 Å². The number of nitrogens with one attached hydrogen (secondary N) is 1. The highest BCUT2D eigenvalue weighted by molar-refractivity contribution is 5.82. The van der Waals surface area contributed by atoms with Gasteiger partial charge in [0, 0.05) is 6.20 Å². The number of H-pyrrole nitrogens is 1. The van der Waals surface area contributed by atoms with E-state index >= 15 is 0 Å². The Morgan fingerprint density at radius 1 is 1.77 bits per heavy atom. The average Bonchev–Trinajstić information content (AvgIpc) is 2.57. The first-order valence-corrected chi connectivity index (χ1v) is 4.33. The largest absolute Gasteiger partial charge is 0.465 e. The molecule has 0 aliphatic carbocycles. The third-order valence-corrected chi connectivity index (χ3v) is 1.53. The molecule has 0 amide bonds. The smallest absolute Gasteiger partial charge is 0.316 e. The first-order chi connectivity index (χ1) is 6.33. The van der Waals surface area contributed by atoms with Gasteiger partial charge >= 0.3 is 5.97 Å². The van der Waals surface area contributed by atoms with E-state index in [2.05, 4.69) is 9.97 Å². The van der Waals surface area contributed by atoms with Crippen LogP contribution in [-0.4, -0.2) is 22.5 Å². The normalized spacial score (nSPS) is 9.92. The second-order valence-corrected chi connectivity index (χ2v) is 2.66. The van der Waals surface area contributed by atoms with Crippen LogP contribution < -0.4 is 0 Å². The van der Waals surface area contributed by atoms with Gasteiger partial charge in [-0.3, -0.25) is 4.79 Å². The van der Waals surface area contributed by atoms with Crippen molar-refractivity contribution in [2.75, 3.05) is 6.61 Å². The Morgan fingerprint density at radius 3 is 3.23 bits per heavy atom. The van der Waals surface area contributed by atoms with Crippen molar-refractivity contribution in [3.05, 3.63) is 24.6 Å². The highest BCUT2D eigenvalue weighted by atomic mass is 16.5. The molecule has 4 nitrogen and oxygen atoms in total. The number of aromatic nitrogens is 2. The third-order valence-electron chi connectivity index (χ3n) is 1.53. The molecule has 1 heterocycles. The van der Waals surface area contributed by atoms with E-state index in [1.54, 1.807) is 6.20 Å². The van der Waals surface area contributed by atoms with Crippen molar-refractivity contribution in [3.63, 3.8) is 0 Å². The molecule has 1 aromatic heterocycles. The van der Waals surface area contributed by atoms with Gasteiger partial charge in [-0.05, 0) is 6.42 Å². The van der Waals surface area contributed by atoms with E-state index in [0.29, 0.717) is 12.3 Å². The number of ether oxygens (including phenoxy) is 1. The van der Waals surface area contributed by atoms with Gasteiger partial charge in [-0.15, -0.1) is 0 Å². The van der Waals surface area contributed by atoms with Gasteiger partial charge in [0.2, 0.25) is 0 Å². The molecule has 4 heteroatoms. The zero-order chi connectivity index (χ0) is 9.52. The van der Waals surface area contributed by atoms with E-state index in [-0.39, 0.29) is 5.97 Å². The summed E-state index contributed by atoms with van der Waals surface area (Å²) in [6.45, 7) is 2.53. The number of unbranched alkanes of at least 4 members (excludes halogenated alkanes) is 1. The second-order valence-electron chi connectivity index (χ2n) is 2.66. The summed E-state index contributed by atoms with van der Waals surface area (Å²) in [5.41, 5.74) is 0.599. The molecule has 1 N–H and O–H groups in total. The Hall–Kier alpha value is -1.32. The summed E-state index contributed by atoms with van der Waals surface area (Å²) in [5, 5.41) is 0. The van der Waals surface area contributed by atoms with E-state index in [9.17, 15) is 4.79 Å². The monoisotopic (exact) mass is 181 g/mol. The van der Waals surface area contributed by atoms with Gasteiger partial charge in [0.05, 0.1) is 18.6 Å². The number of esters is 1. The molecule has 13 heavy (non-hydrogen) atoms. The number of aromatic amines is 1. The van der Waals surface area contributed by atoms with Crippen LogP contribution in [0.15, 0.2) is 12.5 Å². The average molecular weight is 181 g/mol. The molecule has 0 unspecified atom stereocenters. The third kappa shape index (κ3) is 3.73. The summed E-state index contributed by atoms with van der Waals surface area (Å²) in [6, 6.07) is 0. The van der Waals surface area contributed by atoms with E-state index < -0.39 is 0 Å². The van der Waals surface area contributed by atoms with Crippen molar-refractivity contribution in [1.29, 1.82) is 0 Å². The Morgan fingerprint density at radius 2 is 2.62 bits per heavy atom. The summed E-state index contributed by atoms with van der Waals surface area (Å²) in [4.78, 5) is 17.7. The Bertz CT molecular complexity index is 244. The molecular weight excluding hydrogens is 168 g/mol. The lowest BCUT2D eigenvalue weighted by atomic mass is 10.3. The molecule has 0 saturated carbocycles. The van der Waals surface area contributed by atoms with Gasteiger partial charge in [0.1, 0.15) is 6.42 Å². The maximum absolute atomic E-state index is 11.1. The summed E-state index contributed by atoms with van der Waals surface area (Å²) in [5.74, 6) is -0.333. The number of rotatable bonds is 5. The van der Waals surface area contributed by atoms with Crippen LogP contribution in [0.5, 0.6) is 0 Å². The fourth-order valence-electron chi connectivity index (χ4n) is 0.830. The Balaban J connectivity index is 2.18. The Labute approximate surface area is 77.3 Å². The maximum atomic E-state index is 11.1. The fourth-order valence-corrected chi connectivity index (χ4v) is 0.830. The minimum Gasteiger partial charge on any atom is -0.465 e. The lowest BCUT2D eigenvalue weighted by Crippen LogP contribution is -2.06. The van der Waals surface area contributed by atoms with Crippen molar-refractivity contribution in [2.24, 2.45) is 0 Å². The first kappa shape index (κ1) is 9.77. The zero-order valence-corrected chi connectivity index (χ0v) is 7.62. The molecule has 0 aliphatic heterocycles. The van der Waals surface area contributed by atoms with E-state index in [1.807, 2.05) is 6.92 Å². The quantitative estimate of drug-likeness (QED) is 0.550. The standard InChI is InChI=1S/C9H13N2O2/c1-2-3-4-13-9(12)5-8-6-10-7-11-8/h5-7H,2-4H2,1H3,(H,10,11). The molecule has 0 atom stereocenters. The molecule has 0 bridgehead atoms. The van der Waals surface area contributed by atoms with Crippen LogP contribution in [0.1, 0.15) is 25.5 Å². The summed E-state index contributed by atoms with van der Waals surface area (Å²) < 4.78 is 4.91. The molecule has 0 saturated heterocycles. The van der Waals surface area contributed by atoms with Gasteiger partial charge in [-0.25, -0.2) is 4.98 Å². The van der Waals surface area contributed by atoms with E-state index in [1.165, 1.54) is 12.7 Å². The fraction of sp³-hybridized carbons (Fsp3) is 0.444.